The molecule has 0 spiro atoms. The Bertz CT molecular complexity index is 724. The quantitative estimate of drug-likeness (QED) is 0.786. The minimum Gasteiger partial charge on any atom is -0.414 e. The highest BCUT2D eigenvalue weighted by molar-refractivity contribution is 7.13. The number of halogens is 1. The zero-order valence-electron chi connectivity index (χ0n) is 12.4. The normalized spacial score (nSPS) is 14.0. The third-order valence-corrected chi connectivity index (χ3v) is 4.54. The van der Waals surface area contributed by atoms with E-state index in [4.69, 9.17) is 4.42 Å². The molecule has 3 rings (SSSR count). The van der Waals surface area contributed by atoms with Gasteiger partial charge in [0.25, 0.3) is 11.8 Å². The zero-order valence-corrected chi connectivity index (χ0v) is 13.2. The summed E-state index contributed by atoms with van der Waals surface area (Å²) in [5.41, 5.74) is 1.07. The van der Waals surface area contributed by atoms with Gasteiger partial charge < -0.3 is 9.32 Å². The minimum atomic E-state index is -0.216. The summed E-state index contributed by atoms with van der Waals surface area (Å²) in [6.07, 6.45) is 0. The Hall–Kier alpha value is -2.05. The van der Waals surface area contributed by atoms with Gasteiger partial charge in [-0.15, -0.1) is 21.5 Å². The maximum Gasteiger partial charge on any atom is 0.274 e. The molecule has 114 valence electrons. The molecule has 3 aromatic rings. The van der Waals surface area contributed by atoms with Crippen molar-refractivity contribution in [3.05, 3.63) is 59.0 Å². The van der Waals surface area contributed by atoms with E-state index < -0.39 is 0 Å². The SMILES string of the molecule is C[C@@H](c1nnc(-c2cccs2)o1)[NH+](C)Cc1ccc(F)cc1. The molecule has 0 saturated heterocycles. The predicted molar refractivity (Wildman–Crippen MR) is 83.0 cm³/mol. The second-order valence-electron chi connectivity index (χ2n) is 5.29. The van der Waals surface area contributed by atoms with Crippen LogP contribution in [0.25, 0.3) is 10.8 Å². The maximum atomic E-state index is 12.9. The molecule has 2 atom stereocenters. The molecule has 1 N–H and O–H groups in total. The molecule has 0 radical (unpaired) electrons. The van der Waals surface area contributed by atoms with E-state index in [1.165, 1.54) is 17.0 Å². The highest BCUT2D eigenvalue weighted by atomic mass is 32.1. The van der Waals surface area contributed by atoms with Crippen LogP contribution in [0.1, 0.15) is 24.4 Å². The molecule has 1 unspecified atom stereocenters. The van der Waals surface area contributed by atoms with Crippen LogP contribution in [-0.2, 0) is 6.54 Å². The van der Waals surface area contributed by atoms with E-state index >= 15 is 0 Å². The third-order valence-electron chi connectivity index (χ3n) is 3.68. The van der Waals surface area contributed by atoms with Crippen LogP contribution in [0.4, 0.5) is 4.39 Å². The van der Waals surface area contributed by atoms with E-state index in [2.05, 4.69) is 17.2 Å². The smallest absolute Gasteiger partial charge is 0.274 e. The molecule has 0 aliphatic rings. The van der Waals surface area contributed by atoms with Crippen molar-refractivity contribution in [2.75, 3.05) is 7.05 Å². The molecule has 22 heavy (non-hydrogen) atoms. The van der Waals surface area contributed by atoms with Crippen LogP contribution in [0, 0.1) is 5.82 Å². The van der Waals surface area contributed by atoms with E-state index in [1.807, 2.05) is 24.4 Å². The lowest BCUT2D eigenvalue weighted by Crippen LogP contribution is -3.07. The molecular formula is C16H17FN3OS+. The number of nitrogens with one attached hydrogen (secondary N) is 1. The predicted octanol–water partition coefficient (Wildman–Crippen LogP) is 2.71. The maximum absolute atomic E-state index is 12.9. The van der Waals surface area contributed by atoms with Crippen molar-refractivity contribution >= 4 is 11.3 Å². The molecule has 2 aromatic heterocycles. The van der Waals surface area contributed by atoms with Gasteiger partial charge in [-0.25, -0.2) is 4.39 Å². The number of aromatic nitrogens is 2. The van der Waals surface area contributed by atoms with E-state index in [0.717, 1.165) is 17.0 Å². The molecule has 0 saturated carbocycles. The van der Waals surface area contributed by atoms with Gasteiger partial charge in [-0.05, 0) is 30.5 Å². The molecule has 2 heterocycles. The fourth-order valence-corrected chi connectivity index (χ4v) is 2.84. The summed E-state index contributed by atoms with van der Waals surface area (Å²) < 4.78 is 18.7. The first kappa shape index (κ1) is 14.9. The molecule has 0 aliphatic carbocycles. The molecule has 1 aromatic carbocycles. The molecule has 4 nitrogen and oxygen atoms in total. The van der Waals surface area contributed by atoms with E-state index in [-0.39, 0.29) is 11.9 Å². The van der Waals surface area contributed by atoms with Gasteiger partial charge in [0.15, 0.2) is 6.04 Å². The van der Waals surface area contributed by atoms with Crippen molar-refractivity contribution in [3.63, 3.8) is 0 Å². The number of benzene rings is 1. The number of rotatable bonds is 5. The molecule has 6 heteroatoms. The van der Waals surface area contributed by atoms with Gasteiger partial charge in [0, 0.05) is 5.56 Å². The Labute approximate surface area is 132 Å². The molecule has 0 aliphatic heterocycles. The number of nitrogens with zero attached hydrogens (tertiary/aromatic N) is 2. The van der Waals surface area contributed by atoms with Gasteiger partial charge in [-0.1, -0.05) is 18.2 Å². The van der Waals surface area contributed by atoms with E-state index in [9.17, 15) is 4.39 Å². The summed E-state index contributed by atoms with van der Waals surface area (Å²) in [7, 11) is 2.06. The Kier molecular flexibility index (Phi) is 4.31. The highest BCUT2D eigenvalue weighted by Crippen LogP contribution is 2.24. The van der Waals surface area contributed by atoms with Crippen molar-refractivity contribution < 1.29 is 13.7 Å². The van der Waals surface area contributed by atoms with E-state index in [0.29, 0.717) is 11.8 Å². The Morgan fingerprint density at radius 2 is 2.00 bits per heavy atom. The van der Waals surface area contributed by atoms with Gasteiger partial charge >= 0.3 is 0 Å². The summed E-state index contributed by atoms with van der Waals surface area (Å²) in [6.45, 7) is 2.81. The number of hydrogen-bond acceptors (Lipinski definition) is 4. The standard InChI is InChI=1S/C16H16FN3OS/c1-11(20(2)10-12-5-7-13(17)8-6-12)15-18-19-16(21-15)14-4-3-9-22-14/h3-9,11H,10H2,1-2H3/p+1/t11-/m0/s1. The highest BCUT2D eigenvalue weighted by Gasteiger charge is 2.22. The van der Waals surface area contributed by atoms with Crippen molar-refractivity contribution in [1.29, 1.82) is 0 Å². The van der Waals surface area contributed by atoms with Crippen molar-refractivity contribution in [2.45, 2.75) is 19.5 Å². The van der Waals surface area contributed by atoms with Crippen molar-refractivity contribution in [1.82, 2.24) is 10.2 Å². The van der Waals surface area contributed by atoms with Gasteiger partial charge in [-0.2, -0.15) is 0 Å². The van der Waals surface area contributed by atoms with E-state index in [1.54, 1.807) is 23.5 Å². The summed E-state index contributed by atoms with van der Waals surface area (Å²) in [5, 5.41) is 10.3. The lowest BCUT2D eigenvalue weighted by Gasteiger charge is -2.18. The Morgan fingerprint density at radius 1 is 1.23 bits per heavy atom. The largest absolute Gasteiger partial charge is 0.414 e. The second kappa shape index (κ2) is 6.37. The van der Waals surface area contributed by atoms with Gasteiger partial charge in [0.1, 0.15) is 12.4 Å². The molecule has 0 fully saturated rings. The lowest BCUT2D eigenvalue weighted by molar-refractivity contribution is -0.925. The summed E-state index contributed by atoms with van der Waals surface area (Å²) in [6, 6.07) is 10.5. The van der Waals surface area contributed by atoms with Crippen molar-refractivity contribution in [3.8, 4) is 10.8 Å². The monoisotopic (exact) mass is 318 g/mol. The van der Waals surface area contributed by atoms with Gasteiger partial charge in [0.2, 0.25) is 0 Å². The summed E-state index contributed by atoms with van der Waals surface area (Å²) in [4.78, 5) is 2.18. The third kappa shape index (κ3) is 3.23. The van der Waals surface area contributed by atoms with Crippen molar-refractivity contribution in [2.24, 2.45) is 0 Å². The Morgan fingerprint density at radius 3 is 2.68 bits per heavy atom. The molecule has 0 bridgehead atoms. The fraction of sp³-hybridized carbons (Fsp3) is 0.250. The fourth-order valence-electron chi connectivity index (χ4n) is 2.20. The lowest BCUT2D eigenvalue weighted by atomic mass is 10.2. The first-order valence-corrected chi connectivity index (χ1v) is 7.95. The van der Waals surface area contributed by atoms with Crippen LogP contribution in [0.5, 0.6) is 0 Å². The first-order chi connectivity index (χ1) is 10.6. The number of hydrogen-bond donors (Lipinski definition) is 1. The van der Waals surface area contributed by atoms with Crippen LogP contribution in [0.15, 0.2) is 46.2 Å². The van der Waals surface area contributed by atoms with Crippen LogP contribution in [-0.4, -0.2) is 17.2 Å². The molecular weight excluding hydrogens is 301 g/mol. The topological polar surface area (TPSA) is 43.4 Å². The summed E-state index contributed by atoms with van der Waals surface area (Å²) in [5.74, 6) is 0.960. The Balaban J connectivity index is 1.70. The van der Waals surface area contributed by atoms with Crippen LogP contribution in [0.3, 0.4) is 0 Å². The number of thiophene rings is 1. The molecule has 0 amide bonds. The van der Waals surface area contributed by atoms with Crippen LogP contribution >= 0.6 is 11.3 Å². The average molecular weight is 318 g/mol. The van der Waals surface area contributed by atoms with Crippen LogP contribution in [0.2, 0.25) is 0 Å². The minimum absolute atomic E-state index is 0.0614. The van der Waals surface area contributed by atoms with Crippen LogP contribution < -0.4 is 4.90 Å². The number of quaternary nitrogens is 1. The average Bonchev–Trinajstić information content (AvgIpc) is 3.19. The van der Waals surface area contributed by atoms with Gasteiger partial charge in [-0.3, -0.25) is 0 Å². The second-order valence-corrected chi connectivity index (χ2v) is 6.24. The summed E-state index contributed by atoms with van der Waals surface area (Å²) >= 11 is 1.57. The first-order valence-electron chi connectivity index (χ1n) is 7.07. The zero-order chi connectivity index (χ0) is 15.5. The van der Waals surface area contributed by atoms with Gasteiger partial charge in [0.05, 0.1) is 11.9 Å².